The molecule has 0 N–H and O–H groups in total. The second-order valence-electron chi connectivity index (χ2n) is 8.16. The fraction of sp³-hybridized carbons (Fsp3) is 0. The van der Waals surface area contributed by atoms with Crippen LogP contribution in [0.5, 0.6) is 0 Å². The van der Waals surface area contributed by atoms with Crippen LogP contribution < -0.4 is 4.90 Å². The van der Waals surface area contributed by atoms with Crippen molar-refractivity contribution in [1.82, 2.24) is 4.98 Å². The van der Waals surface area contributed by atoms with Crippen molar-refractivity contribution < 1.29 is 4.42 Å². The highest BCUT2D eigenvalue weighted by Gasteiger charge is 2.13. The van der Waals surface area contributed by atoms with Crippen LogP contribution in [0.1, 0.15) is 0 Å². The molecule has 35 heavy (non-hydrogen) atoms. The lowest BCUT2D eigenvalue weighted by Crippen LogP contribution is -2.09. The second-order valence-corrected chi connectivity index (χ2v) is 9.08. The Hall–Kier alpha value is -4.41. The fourth-order valence-corrected chi connectivity index (χ4v) is 5.17. The Balaban J connectivity index is 1.29. The van der Waals surface area contributed by atoms with Crippen LogP contribution in [-0.4, -0.2) is 4.98 Å². The molecule has 2 aromatic heterocycles. The molecule has 0 aliphatic rings. The maximum Gasteiger partial charge on any atom is 0.181 e. The van der Waals surface area contributed by atoms with Gasteiger partial charge in [-0.1, -0.05) is 72.8 Å². The van der Waals surface area contributed by atoms with E-state index in [2.05, 4.69) is 118 Å². The number of hydrogen-bond acceptors (Lipinski definition) is 4. The minimum absolute atomic E-state index is 0.802. The van der Waals surface area contributed by atoms with Gasteiger partial charge in [-0.25, -0.2) is 4.98 Å². The molecule has 6 rings (SSSR count). The van der Waals surface area contributed by atoms with Crippen molar-refractivity contribution in [3.8, 4) is 32.9 Å². The lowest BCUT2D eigenvalue weighted by molar-refractivity contribution is 0.573. The Morgan fingerprint density at radius 1 is 0.571 bits per heavy atom. The second kappa shape index (κ2) is 9.45. The molecule has 0 aliphatic carbocycles. The topological polar surface area (TPSA) is 29.3 Å². The Bertz CT molecular complexity index is 1470. The van der Waals surface area contributed by atoms with E-state index in [0.29, 0.717) is 0 Å². The third-order valence-corrected chi connectivity index (χ3v) is 6.93. The van der Waals surface area contributed by atoms with Crippen molar-refractivity contribution in [2.24, 2.45) is 0 Å². The molecule has 0 unspecified atom stereocenters. The predicted molar refractivity (Wildman–Crippen MR) is 145 cm³/mol. The van der Waals surface area contributed by atoms with E-state index >= 15 is 0 Å². The summed E-state index contributed by atoms with van der Waals surface area (Å²) in [6.45, 7) is 0. The van der Waals surface area contributed by atoms with Crippen LogP contribution in [0.2, 0.25) is 0 Å². The molecule has 0 bridgehead atoms. The van der Waals surface area contributed by atoms with E-state index in [9.17, 15) is 0 Å². The first kappa shape index (κ1) is 21.1. The zero-order valence-corrected chi connectivity index (χ0v) is 19.7. The van der Waals surface area contributed by atoms with Gasteiger partial charge in [0.25, 0.3) is 0 Å². The summed E-state index contributed by atoms with van der Waals surface area (Å²) in [6.07, 6.45) is 3.24. The molecule has 0 amide bonds. The van der Waals surface area contributed by atoms with Crippen molar-refractivity contribution in [2.45, 2.75) is 0 Å². The minimum atomic E-state index is 0.802. The molecule has 0 radical (unpaired) electrons. The Labute approximate surface area is 208 Å². The van der Waals surface area contributed by atoms with Gasteiger partial charge in [0, 0.05) is 22.6 Å². The normalized spacial score (nSPS) is 10.9. The standard InChI is InChI=1S/C31H22N2OS/c1-3-7-26(8-4-1)33(27-9-5-2-6-10-27)28-17-15-24(16-18-28)23-11-13-25(14-12-23)29-19-20-35-31(29)30-21-32-22-34-30/h1-22H. The van der Waals surface area contributed by atoms with E-state index in [-0.39, 0.29) is 0 Å². The predicted octanol–water partition coefficient (Wildman–Crippen LogP) is 9.21. The SMILES string of the molecule is c1ccc(N(c2ccccc2)c2ccc(-c3ccc(-c4ccsc4-c4cnco4)cc3)cc2)cc1. The molecule has 3 nitrogen and oxygen atoms in total. The first-order valence-electron chi connectivity index (χ1n) is 11.4. The zero-order valence-electron chi connectivity index (χ0n) is 18.9. The summed E-state index contributed by atoms with van der Waals surface area (Å²) >= 11 is 1.66. The van der Waals surface area contributed by atoms with E-state index in [0.717, 1.165) is 38.8 Å². The Morgan fingerprint density at radius 2 is 1.11 bits per heavy atom. The van der Waals surface area contributed by atoms with Crippen LogP contribution in [0, 0.1) is 0 Å². The molecule has 0 atom stereocenters. The lowest BCUT2D eigenvalue weighted by Gasteiger charge is -2.25. The monoisotopic (exact) mass is 470 g/mol. The number of thiophene rings is 1. The van der Waals surface area contributed by atoms with Gasteiger partial charge >= 0.3 is 0 Å². The highest BCUT2D eigenvalue weighted by Crippen LogP contribution is 2.38. The maximum atomic E-state index is 5.52. The number of rotatable bonds is 6. The first-order chi connectivity index (χ1) is 17.4. The van der Waals surface area contributed by atoms with Crippen molar-refractivity contribution in [3.05, 3.63) is 133 Å². The first-order valence-corrected chi connectivity index (χ1v) is 12.3. The quantitative estimate of drug-likeness (QED) is 0.243. The van der Waals surface area contributed by atoms with Gasteiger partial charge in [-0.2, -0.15) is 0 Å². The van der Waals surface area contributed by atoms with E-state index < -0.39 is 0 Å². The molecule has 168 valence electrons. The van der Waals surface area contributed by atoms with Gasteiger partial charge in [0.1, 0.15) is 0 Å². The molecule has 0 saturated carbocycles. The van der Waals surface area contributed by atoms with Crippen LogP contribution in [0.15, 0.2) is 138 Å². The van der Waals surface area contributed by atoms with Gasteiger partial charge in [0.2, 0.25) is 0 Å². The summed E-state index contributed by atoms with van der Waals surface area (Å²) in [7, 11) is 0. The van der Waals surface area contributed by atoms with Gasteiger partial charge in [0.05, 0.1) is 11.1 Å². The van der Waals surface area contributed by atoms with Crippen molar-refractivity contribution in [1.29, 1.82) is 0 Å². The number of para-hydroxylation sites is 2. The molecule has 0 saturated heterocycles. The van der Waals surface area contributed by atoms with E-state index in [1.54, 1.807) is 17.5 Å². The van der Waals surface area contributed by atoms with Crippen molar-refractivity contribution >= 4 is 28.4 Å². The van der Waals surface area contributed by atoms with Gasteiger partial charge in [0.15, 0.2) is 12.2 Å². The lowest BCUT2D eigenvalue weighted by atomic mass is 10.00. The van der Waals surface area contributed by atoms with Gasteiger partial charge in [-0.05, 0) is 64.5 Å². The molecular formula is C31H22N2OS. The third kappa shape index (κ3) is 4.27. The molecular weight excluding hydrogens is 448 g/mol. The molecule has 6 aromatic rings. The Kier molecular flexibility index (Phi) is 5.71. The zero-order chi connectivity index (χ0) is 23.5. The third-order valence-electron chi connectivity index (χ3n) is 6.00. The molecule has 0 spiro atoms. The van der Waals surface area contributed by atoms with Crippen LogP contribution in [0.4, 0.5) is 17.1 Å². The summed E-state index contributed by atoms with van der Waals surface area (Å²) in [5, 5.41) is 2.09. The highest BCUT2D eigenvalue weighted by molar-refractivity contribution is 7.14. The smallest absolute Gasteiger partial charge is 0.181 e. The molecule has 4 heteroatoms. The largest absolute Gasteiger partial charge is 0.443 e. The number of benzene rings is 4. The average molecular weight is 471 g/mol. The number of aromatic nitrogens is 1. The number of anilines is 3. The summed E-state index contributed by atoms with van der Waals surface area (Å²) in [6, 6.07) is 40.5. The number of nitrogens with zero attached hydrogens (tertiary/aromatic N) is 2. The number of hydrogen-bond donors (Lipinski definition) is 0. The minimum Gasteiger partial charge on any atom is -0.443 e. The maximum absolute atomic E-state index is 5.52. The van der Waals surface area contributed by atoms with Crippen LogP contribution in [0.25, 0.3) is 32.9 Å². The van der Waals surface area contributed by atoms with Crippen LogP contribution >= 0.6 is 11.3 Å². The summed E-state index contributed by atoms with van der Waals surface area (Å²) in [5.74, 6) is 0.802. The summed E-state index contributed by atoms with van der Waals surface area (Å²) in [4.78, 5) is 7.43. The molecule has 4 aromatic carbocycles. The fourth-order valence-electron chi connectivity index (χ4n) is 4.30. The number of oxazole rings is 1. The average Bonchev–Trinajstić information content (AvgIpc) is 3.63. The molecule has 0 fully saturated rings. The Morgan fingerprint density at radius 3 is 1.69 bits per heavy atom. The van der Waals surface area contributed by atoms with Gasteiger partial charge < -0.3 is 9.32 Å². The summed E-state index contributed by atoms with van der Waals surface area (Å²) < 4.78 is 5.52. The summed E-state index contributed by atoms with van der Waals surface area (Å²) in [5.41, 5.74) is 8.08. The van der Waals surface area contributed by atoms with Crippen molar-refractivity contribution in [2.75, 3.05) is 4.90 Å². The molecule has 0 aliphatic heterocycles. The van der Waals surface area contributed by atoms with Gasteiger partial charge in [-0.15, -0.1) is 11.3 Å². The van der Waals surface area contributed by atoms with Crippen molar-refractivity contribution in [3.63, 3.8) is 0 Å². The van der Waals surface area contributed by atoms with E-state index in [1.807, 2.05) is 12.1 Å². The van der Waals surface area contributed by atoms with E-state index in [4.69, 9.17) is 4.42 Å². The van der Waals surface area contributed by atoms with E-state index in [1.165, 1.54) is 17.5 Å². The van der Waals surface area contributed by atoms with Crippen LogP contribution in [-0.2, 0) is 0 Å². The van der Waals surface area contributed by atoms with Crippen LogP contribution in [0.3, 0.4) is 0 Å². The molecule has 2 heterocycles. The highest BCUT2D eigenvalue weighted by atomic mass is 32.1. The van der Waals surface area contributed by atoms with Gasteiger partial charge in [-0.3, -0.25) is 0 Å².